The molecule has 0 saturated heterocycles. The molecule has 0 heterocycles. The molecule has 0 aliphatic carbocycles. The molecule has 4 heteroatoms. The zero-order valence-electron chi connectivity index (χ0n) is 11.2. The topological polar surface area (TPSA) is 38.3 Å². The average Bonchev–Trinajstić information content (AvgIpc) is 2.47. The number of nitrogens with one attached hydrogen (secondary N) is 1. The summed E-state index contributed by atoms with van der Waals surface area (Å²) in [6.45, 7) is 0.612. The Morgan fingerprint density at radius 3 is 2.60 bits per heavy atom. The number of ketones is 1. The minimum absolute atomic E-state index is 0.121. The second-order valence-electron chi connectivity index (χ2n) is 4.34. The summed E-state index contributed by atoms with van der Waals surface area (Å²) >= 11 is 3.41. The highest BCUT2D eigenvalue weighted by Crippen LogP contribution is 2.16. The number of anilines is 1. The molecule has 1 N–H and O–H groups in total. The third-order valence-electron chi connectivity index (χ3n) is 2.92. The van der Waals surface area contributed by atoms with Crippen LogP contribution in [0.4, 0.5) is 5.69 Å². The maximum Gasteiger partial charge on any atom is 0.164 e. The number of ether oxygens (including phenoxy) is 1. The number of halogens is 1. The van der Waals surface area contributed by atoms with Crippen LogP contribution >= 0.6 is 15.9 Å². The van der Waals surface area contributed by atoms with Gasteiger partial charge in [-0.2, -0.15) is 0 Å². The highest BCUT2D eigenvalue weighted by atomic mass is 79.9. The Labute approximate surface area is 127 Å². The van der Waals surface area contributed by atoms with Crippen LogP contribution in [0.15, 0.2) is 53.0 Å². The molecule has 3 nitrogen and oxygen atoms in total. The summed E-state index contributed by atoms with van der Waals surface area (Å²) in [6, 6.07) is 15.1. The van der Waals surface area contributed by atoms with Crippen molar-refractivity contribution in [2.45, 2.75) is 6.42 Å². The van der Waals surface area contributed by atoms with E-state index >= 15 is 0 Å². The van der Waals surface area contributed by atoms with Gasteiger partial charge < -0.3 is 10.1 Å². The first-order valence-corrected chi connectivity index (χ1v) is 7.15. The van der Waals surface area contributed by atoms with Crippen molar-refractivity contribution in [1.82, 2.24) is 0 Å². The molecular weight excluding hydrogens is 318 g/mol. The van der Waals surface area contributed by atoms with Gasteiger partial charge in [0.25, 0.3) is 0 Å². The van der Waals surface area contributed by atoms with Gasteiger partial charge in [0.1, 0.15) is 5.75 Å². The molecule has 0 aliphatic heterocycles. The molecule has 0 fully saturated rings. The summed E-state index contributed by atoms with van der Waals surface area (Å²) in [6.07, 6.45) is 0.457. The van der Waals surface area contributed by atoms with Crippen LogP contribution in [0.1, 0.15) is 16.8 Å². The number of Topliss-reactive ketones (excluding diaryl/α,β-unsaturated/α-hetero) is 1. The summed E-state index contributed by atoms with van der Waals surface area (Å²) in [5.74, 6) is 0.879. The fraction of sp³-hybridized carbons (Fsp3) is 0.188. The normalized spacial score (nSPS) is 10.1. The highest BCUT2D eigenvalue weighted by Gasteiger charge is 2.05. The van der Waals surface area contributed by atoms with E-state index < -0.39 is 0 Å². The second-order valence-corrected chi connectivity index (χ2v) is 5.25. The monoisotopic (exact) mass is 333 g/mol. The minimum atomic E-state index is 0.121. The molecule has 2 rings (SSSR count). The molecule has 0 amide bonds. The lowest BCUT2D eigenvalue weighted by Crippen LogP contribution is -2.08. The van der Waals surface area contributed by atoms with E-state index in [-0.39, 0.29) is 5.78 Å². The second kappa shape index (κ2) is 7.10. The molecule has 0 unspecified atom stereocenters. The van der Waals surface area contributed by atoms with Crippen molar-refractivity contribution in [3.05, 3.63) is 58.6 Å². The smallest absolute Gasteiger partial charge is 0.164 e. The maximum absolute atomic E-state index is 12.0. The molecule has 0 atom stereocenters. The van der Waals surface area contributed by atoms with Crippen molar-refractivity contribution in [2.24, 2.45) is 0 Å². The average molecular weight is 334 g/mol. The largest absolute Gasteiger partial charge is 0.497 e. The van der Waals surface area contributed by atoms with Gasteiger partial charge in [-0.1, -0.05) is 22.0 Å². The molecule has 0 aliphatic rings. The lowest BCUT2D eigenvalue weighted by molar-refractivity contribution is 0.0986. The van der Waals surface area contributed by atoms with Gasteiger partial charge in [0, 0.05) is 28.7 Å². The van der Waals surface area contributed by atoms with E-state index in [1.807, 2.05) is 24.3 Å². The van der Waals surface area contributed by atoms with Crippen molar-refractivity contribution >= 4 is 27.4 Å². The van der Waals surface area contributed by atoms with Crippen LogP contribution in [0, 0.1) is 0 Å². The summed E-state index contributed by atoms with van der Waals surface area (Å²) in [4.78, 5) is 12.0. The molecule has 2 aromatic carbocycles. The molecule has 104 valence electrons. The highest BCUT2D eigenvalue weighted by molar-refractivity contribution is 9.10. The first-order chi connectivity index (χ1) is 9.69. The van der Waals surface area contributed by atoms with Crippen molar-refractivity contribution < 1.29 is 9.53 Å². The Balaban J connectivity index is 1.85. The Kier molecular flexibility index (Phi) is 5.18. The summed E-state index contributed by atoms with van der Waals surface area (Å²) in [5, 5.41) is 3.23. The lowest BCUT2D eigenvalue weighted by atomic mass is 10.1. The van der Waals surface area contributed by atoms with Crippen LogP contribution in [0.25, 0.3) is 0 Å². The number of rotatable bonds is 6. The number of carbonyl (C=O) groups is 1. The fourth-order valence-electron chi connectivity index (χ4n) is 1.84. The fourth-order valence-corrected chi connectivity index (χ4v) is 2.24. The third kappa shape index (κ3) is 4.10. The predicted molar refractivity (Wildman–Crippen MR) is 84.6 cm³/mol. The number of hydrogen-bond donors (Lipinski definition) is 1. The summed E-state index contributed by atoms with van der Waals surface area (Å²) < 4.78 is 6.09. The zero-order valence-corrected chi connectivity index (χ0v) is 12.8. The minimum Gasteiger partial charge on any atom is -0.497 e. The summed E-state index contributed by atoms with van der Waals surface area (Å²) in [7, 11) is 1.61. The van der Waals surface area contributed by atoms with Crippen LogP contribution in [0.5, 0.6) is 5.75 Å². The Morgan fingerprint density at radius 2 is 1.95 bits per heavy atom. The molecule has 0 aromatic heterocycles. The van der Waals surface area contributed by atoms with Crippen molar-refractivity contribution in [1.29, 1.82) is 0 Å². The number of carbonyl (C=O) groups excluding carboxylic acids is 1. The Bertz CT molecular complexity index is 581. The van der Waals surface area contributed by atoms with Crippen LogP contribution in [0.3, 0.4) is 0 Å². The van der Waals surface area contributed by atoms with Gasteiger partial charge in [-0.15, -0.1) is 0 Å². The van der Waals surface area contributed by atoms with Crippen LogP contribution in [-0.4, -0.2) is 19.4 Å². The van der Waals surface area contributed by atoms with Crippen LogP contribution in [-0.2, 0) is 0 Å². The van der Waals surface area contributed by atoms with Crippen LogP contribution in [0.2, 0.25) is 0 Å². The van der Waals surface area contributed by atoms with Gasteiger partial charge >= 0.3 is 0 Å². The first kappa shape index (κ1) is 14.6. The van der Waals surface area contributed by atoms with E-state index in [0.717, 1.165) is 15.9 Å². The Morgan fingerprint density at radius 1 is 1.20 bits per heavy atom. The standard InChI is InChI=1S/C16H16BrNO2/c1-20-15-7-5-12(6-8-15)16(19)9-10-18-14-4-2-3-13(17)11-14/h2-8,11,18H,9-10H2,1H3. The zero-order chi connectivity index (χ0) is 14.4. The van der Waals surface area contributed by atoms with Crippen molar-refractivity contribution in [3.63, 3.8) is 0 Å². The maximum atomic E-state index is 12.0. The van der Waals surface area contributed by atoms with Gasteiger partial charge in [-0.3, -0.25) is 4.79 Å². The molecular formula is C16H16BrNO2. The van der Waals surface area contributed by atoms with E-state index in [2.05, 4.69) is 21.2 Å². The number of hydrogen-bond acceptors (Lipinski definition) is 3. The van der Waals surface area contributed by atoms with E-state index in [4.69, 9.17) is 4.74 Å². The van der Waals surface area contributed by atoms with Crippen molar-refractivity contribution in [3.8, 4) is 5.75 Å². The quantitative estimate of drug-likeness (QED) is 0.807. The van der Waals surface area contributed by atoms with E-state index in [0.29, 0.717) is 18.5 Å². The van der Waals surface area contributed by atoms with E-state index in [1.54, 1.807) is 31.4 Å². The van der Waals surface area contributed by atoms with Gasteiger partial charge in [-0.25, -0.2) is 0 Å². The SMILES string of the molecule is COc1ccc(C(=O)CCNc2cccc(Br)c2)cc1. The van der Waals surface area contributed by atoms with Gasteiger partial charge in [-0.05, 0) is 42.5 Å². The number of methoxy groups -OCH3 is 1. The van der Waals surface area contributed by atoms with Gasteiger partial charge in [0.2, 0.25) is 0 Å². The predicted octanol–water partition coefficient (Wildman–Crippen LogP) is 4.14. The molecule has 0 saturated carbocycles. The molecule has 20 heavy (non-hydrogen) atoms. The van der Waals surface area contributed by atoms with Crippen molar-refractivity contribution in [2.75, 3.05) is 19.0 Å². The third-order valence-corrected chi connectivity index (χ3v) is 3.41. The van der Waals surface area contributed by atoms with E-state index in [9.17, 15) is 4.79 Å². The molecule has 0 radical (unpaired) electrons. The lowest BCUT2D eigenvalue weighted by Gasteiger charge is -2.07. The Hall–Kier alpha value is -1.81. The van der Waals surface area contributed by atoms with Crippen LogP contribution < -0.4 is 10.1 Å². The molecule has 0 spiro atoms. The van der Waals surface area contributed by atoms with E-state index in [1.165, 1.54) is 0 Å². The number of benzene rings is 2. The van der Waals surface area contributed by atoms with Gasteiger partial charge in [0.15, 0.2) is 5.78 Å². The first-order valence-electron chi connectivity index (χ1n) is 6.36. The molecule has 0 bridgehead atoms. The summed E-state index contributed by atoms with van der Waals surface area (Å²) in [5.41, 5.74) is 1.71. The molecule has 2 aromatic rings. The van der Waals surface area contributed by atoms with Gasteiger partial charge in [0.05, 0.1) is 7.11 Å².